The molecule has 2 aromatic carbocycles. The van der Waals surface area contributed by atoms with Crippen LogP contribution in [0.1, 0.15) is 24.5 Å². The molecule has 0 aromatic heterocycles. The molecule has 0 spiro atoms. The summed E-state index contributed by atoms with van der Waals surface area (Å²) in [6, 6.07) is 6.82. The van der Waals surface area contributed by atoms with Crippen molar-refractivity contribution in [3.63, 3.8) is 0 Å². The van der Waals surface area contributed by atoms with Gasteiger partial charge in [-0.1, -0.05) is 19.1 Å². The Balaban J connectivity index is 2.53. The molecular formula is C17H17F3N2. The van der Waals surface area contributed by atoms with Crippen LogP contribution in [0.5, 0.6) is 0 Å². The van der Waals surface area contributed by atoms with Crippen LogP contribution in [0.4, 0.5) is 24.5 Å². The molecule has 0 aliphatic heterocycles. The Kier molecular flexibility index (Phi) is 4.75. The first-order chi connectivity index (χ1) is 10.4. The average molecular weight is 306 g/mol. The first kappa shape index (κ1) is 15.9. The molecule has 0 saturated carbocycles. The summed E-state index contributed by atoms with van der Waals surface area (Å²) in [6.07, 6.45) is 2.33. The molecule has 0 amide bonds. The molecule has 2 rings (SSSR count). The van der Waals surface area contributed by atoms with Gasteiger partial charge in [-0.25, -0.2) is 13.2 Å². The van der Waals surface area contributed by atoms with Crippen molar-refractivity contribution in [3.8, 4) is 0 Å². The number of halogens is 3. The van der Waals surface area contributed by atoms with Gasteiger partial charge < -0.3 is 11.1 Å². The SMILES string of the molecule is CC/C=C(\N)c1ccc(F)c(F)c1Nc1ccc(C)cc1F. The predicted octanol–water partition coefficient (Wildman–Crippen LogP) is 4.87. The van der Waals surface area contributed by atoms with E-state index >= 15 is 0 Å². The van der Waals surface area contributed by atoms with Crippen LogP contribution in [0.25, 0.3) is 5.70 Å². The van der Waals surface area contributed by atoms with E-state index in [1.807, 2.05) is 6.92 Å². The number of nitrogens with one attached hydrogen (secondary N) is 1. The summed E-state index contributed by atoms with van der Waals surface area (Å²) >= 11 is 0. The molecule has 116 valence electrons. The molecule has 0 heterocycles. The molecular weight excluding hydrogens is 289 g/mol. The number of nitrogens with two attached hydrogens (primary N) is 1. The standard InChI is InChI=1S/C17H17F3N2/c1-3-4-14(21)11-6-7-12(18)16(20)17(11)22-15-8-5-10(2)9-13(15)19/h4-9,22H,3,21H2,1-2H3/b14-4-. The van der Waals surface area contributed by atoms with Gasteiger partial charge in [0.2, 0.25) is 0 Å². The van der Waals surface area contributed by atoms with Crippen LogP contribution in [-0.4, -0.2) is 0 Å². The second-order valence-electron chi connectivity index (χ2n) is 4.96. The summed E-state index contributed by atoms with van der Waals surface area (Å²) in [5.74, 6) is -2.67. The van der Waals surface area contributed by atoms with Crippen LogP contribution in [0.3, 0.4) is 0 Å². The summed E-state index contributed by atoms with van der Waals surface area (Å²) < 4.78 is 41.5. The molecule has 0 unspecified atom stereocenters. The molecule has 5 heteroatoms. The number of allylic oxidation sites excluding steroid dienone is 1. The number of benzene rings is 2. The molecule has 3 N–H and O–H groups in total. The van der Waals surface area contributed by atoms with Gasteiger partial charge in [0.05, 0.1) is 11.4 Å². The van der Waals surface area contributed by atoms with Crippen LogP contribution < -0.4 is 11.1 Å². The van der Waals surface area contributed by atoms with E-state index in [0.717, 1.165) is 11.6 Å². The average Bonchev–Trinajstić information content (AvgIpc) is 2.46. The molecule has 0 fully saturated rings. The number of hydrogen-bond donors (Lipinski definition) is 2. The minimum absolute atomic E-state index is 0.0562. The van der Waals surface area contributed by atoms with Crippen molar-refractivity contribution in [2.75, 3.05) is 5.32 Å². The molecule has 22 heavy (non-hydrogen) atoms. The van der Waals surface area contributed by atoms with E-state index in [9.17, 15) is 13.2 Å². The minimum Gasteiger partial charge on any atom is -0.398 e. The third kappa shape index (κ3) is 3.24. The first-order valence-electron chi connectivity index (χ1n) is 6.91. The molecule has 2 nitrogen and oxygen atoms in total. The Morgan fingerprint density at radius 1 is 1.14 bits per heavy atom. The van der Waals surface area contributed by atoms with Crippen LogP contribution in [-0.2, 0) is 0 Å². The van der Waals surface area contributed by atoms with Crippen LogP contribution >= 0.6 is 0 Å². The molecule has 0 atom stereocenters. The highest BCUT2D eigenvalue weighted by molar-refractivity contribution is 5.78. The lowest BCUT2D eigenvalue weighted by atomic mass is 10.1. The summed E-state index contributed by atoms with van der Waals surface area (Å²) in [5.41, 5.74) is 7.08. The van der Waals surface area contributed by atoms with Crippen LogP contribution in [0, 0.1) is 24.4 Å². The van der Waals surface area contributed by atoms with Gasteiger partial charge >= 0.3 is 0 Å². The van der Waals surface area contributed by atoms with E-state index in [-0.39, 0.29) is 11.4 Å². The van der Waals surface area contributed by atoms with Crippen LogP contribution in [0.2, 0.25) is 0 Å². The Bertz CT molecular complexity index is 724. The fraction of sp³-hybridized carbons (Fsp3) is 0.176. The van der Waals surface area contributed by atoms with Gasteiger partial charge in [0.15, 0.2) is 11.6 Å². The lowest BCUT2D eigenvalue weighted by Crippen LogP contribution is -2.06. The molecule has 0 aliphatic carbocycles. The van der Waals surface area contributed by atoms with E-state index in [2.05, 4.69) is 5.32 Å². The molecule has 0 bridgehead atoms. The van der Waals surface area contributed by atoms with Crippen molar-refractivity contribution < 1.29 is 13.2 Å². The minimum atomic E-state index is -1.09. The lowest BCUT2D eigenvalue weighted by molar-refractivity contribution is 0.511. The number of hydrogen-bond acceptors (Lipinski definition) is 2. The van der Waals surface area contributed by atoms with Crippen molar-refractivity contribution in [1.82, 2.24) is 0 Å². The van der Waals surface area contributed by atoms with Crippen molar-refractivity contribution in [2.24, 2.45) is 5.73 Å². The van der Waals surface area contributed by atoms with Gasteiger partial charge in [-0.2, -0.15) is 0 Å². The Hall–Kier alpha value is -2.43. The second-order valence-corrected chi connectivity index (χ2v) is 4.96. The monoisotopic (exact) mass is 306 g/mol. The van der Waals surface area contributed by atoms with Crippen molar-refractivity contribution in [1.29, 1.82) is 0 Å². The third-order valence-corrected chi connectivity index (χ3v) is 3.21. The maximum absolute atomic E-state index is 14.1. The summed E-state index contributed by atoms with van der Waals surface area (Å²) in [6.45, 7) is 3.61. The molecule has 0 saturated heterocycles. The van der Waals surface area contributed by atoms with Gasteiger partial charge in [-0.05, 0) is 43.2 Å². The molecule has 0 aliphatic rings. The third-order valence-electron chi connectivity index (χ3n) is 3.21. The van der Waals surface area contributed by atoms with Gasteiger partial charge in [0, 0.05) is 11.3 Å². The number of aryl methyl sites for hydroxylation is 1. The van der Waals surface area contributed by atoms with Crippen molar-refractivity contribution in [3.05, 3.63) is 65.0 Å². The number of anilines is 2. The Labute approximate surface area is 127 Å². The van der Waals surface area contributed by atoms with E-state index in [4.69, 9.17) is 5.73 Å². The largest absolute Gasteiger partial charge is 0.398 e. The highest BCUT2D eigenvalue weighted by Crippen LogP contribution is 2.30. The fourth-order valence-electron chi connectivity index (χ4n) is 2.10. The summed E-state index contributed by atoms with van der Waals surface area (Å²) in [4.78, 5) is 0. The summed E-state index contributed by atoms with van der Waals surface area (Å²) in [5, 5.41) is 2.61. The van der Waals surface area contributed by atoms with Gasteiger partial charge in [0.25, 0.3) is 0 Å². The zero-order valence-electron chi connectivity index (χ0n) is 12.4. The highest BCUT2D eigenvalue weighted by Gasteiger charge is 2.16. The lowest BCUT2D eigenvalue weighted by Gasteiger charge is -2.15. The van der Waals surface area contributed by atoms with Gasteiger partial charge in [-0.3, -0.25) is 0 Å². The van der Waals surface area contributed by atoms with E-state index < -0.39 is 17.5 Å². The fourth-order valence-corrected chi connectivity index (χ4v) is 2.10. The first-order valence-corrected chi connectivity index (χ1v) is 6.91. The van der Waals surface area contributed by atoms with E-state index in [0.29, 0.717) is 17.7 Å². The highest BCUT2D eigenvalue weighted by atomic mass is 19.2. The normalized spacial score (nSPS) is 11.6. The van der Waals surface area contributed by atoms with E-state index in [1.54, 1.807) is 19.1 Å². The quantitative estimate of drug-likeness (QED) is 0.846. The van der Waals surface area contributed by atoms with Crippen LogP contribution in [0.15, 0.2) is 36.4 Å². The van der Waals surface area contributed by atoms with E-state index in [1.165, 1.54) is 18.2 Å². The van der Waals surface area contributed by atoms with Gasteiger partial charge in [-0.15, -0.1) is 0 Å². The van der Waals surface area contributed by atoms with Crippen molar-refractivity contribution >= 4 is 17.1 Å². The van der Waals surface area contributed by atoms with Gasteiger partial charge in [0.1, 0.15) is 5.82 Å². The smallest absolute Gasteiger partial charge is 0.182 e. The zero-order valence-corrected chi connectivity index (χ0v) is 12.4. The Morgan fingerprint density at radius 3 is 2.50 bits per heavy atom. The molecule has 2 aromatic rings. The Morgan fingerprint density at radius 2 is 1.86 bits per heavy atom. The maximum atomic E-state index is 14.1. The summed E-state index contributed by atoms with van der Waals surface area (Å²) in [7, 11) is 0. The number of rotatable bonds is 4. The van der Waals surface area contributed by atoms with Crippen molar-refractivity contribution in [2.45, 2.75) is 20.3 Å². The zero-order chi connectivity index (χ0) is 16.3. The predicted molar refractivity (Wildman–Crippen MR) is 83.2 cm³/mol. The maximum Gasteiger partial charge on any atom is 0.182 e. The second kappa shape index (κ2) is 6.56. The molecule has 0 radical (unpaired) electrons. The topological polar surface area (TPSA) is 38.0 Å².